The Balaban J connectivity index is 1.50. The molecule has 5 heterocycles. The Morgan fingerprint density at radius 2 is 1.92 bits per heavy atom. The van der Waals surface area contributed by atoms with E-state index >= 15 is 0 Å². The number of aryl methyl sites for hydroxylation is 1. The molecular formula is C26H33N9O3S. The first-order valence-electron chi connectivity index (χ1n) is 13.0. The van der Waals surface area contributed by atoms with Crippen molar-refractivity contribution in [3.63, 3.8) is 0 Å². The van der Waals surface area contributed by atoms with Crippen molar-refractivity contribution < 1.29 is 13.2 Å². The smallest absolute Gasteiger partial charge is 0.308 e. The third kappa shape index (κ3) is 4.65. The van der Waals surface area contributed by atoms with E-state index in [0.29, 0.717) is 43.2 Å². The minimum absolute atomic E-state index is 0.498. The van der Waals surface area contributed by atoms with Crippen LogP contribution in [-0.4, -0.2) is 95.2 Å². The molecule has 39 heavy (non-hydrogen) atoms. The van der Waals surface area contributed by atoms with Crippen molar-refractivity contribution in [2.24, 2.45) is 0 Å². The van der Waals surface area contributed by atoms with E-state index < -0.39 is 10.2 Å². The van der Waals surface area contributed by atoms with Gasteiger partial charge in [-0.3, -0.25) is 0 Å². The summed E-state index contributed by atoms with van der Waals surface area (Å²) in [6.07, 6.45) is 3.85. The molecule has 12 nitrogen and oxygen atoms in total. The van der Waals surface area contributed by atoms with Gasteiger partial charge in [-0.2, -0.15) is 17.2 Å². The van der Waals surface area contributed by atoms with Gasteiger partial charge in [-0.05, 0) is 43.7 Å². The van der Waals surface area contributed by atoms with Crippen molar-refractivity contribution >= 4 is 33.2 Å². The van der Waals surface area contributed by atoms with Crippen LogP contribution in [0.2, 0.25) is 0 Å². The number of nitrogens with one attached hydrogen (secondary N) is 1. The van der Waals surface area contributed by atoms with Gasteiger partial charge in [-0.15, -0.1) is 5.10 Å². The summed E-state index contributed by atoms with van der Waals surface area (Å²) in [5, 5.41) is 8.64. The zero-order valence-electron chi connectivity index (χ0n) is 22.6. The van der Waals surface area contributed by atoms with Crippen molar-refractivity contribution in [2.75, 3.05) is 64.2 Å². The van der Waals surface area contributed by atoms with Gasteiger partial charge < -0.3 is 19.9 Å². The predicted molar refractivity (Wildman–Crippen MR) is 150 cm³/mol. The highest BCUT2D eigenvalue weighted by atomic mass is 32.2. The minimum atomic E-state index is -3.70. The predicted octanol–water partition coefficient (Wildman–Crippen LogP) is 2.12. The van der Waals surface area contributed by atoms with E-state index in [9.17, 15) is 8.42 Å². The number of anilines is 3. The zero-order valence-corrected chi connectivity index (χ0v) is 23.4. The van der Waals surface area contributed by atoms with Gasteiger partial charge >= 0.3 is 10.2 Å². The van der Waals surface area contributed by atoms with Crippen LogP contribution < -0.4 is 10.2 Å². The molecule has 1 N–H and O–H groups in total. The summed E-state index contributed by atoms with van der Waals surface area (Å²) in [7, 11) is 1.42. The molecule has 206 valence electrons. The van der Waals surface area contributed by atoms with Gasteiger partial charge in [0.15, 0.2) is 17.3 Å². The lowest BCUT2D eigenvalue weighted by molar-refractivity contribution is 0.122. The second-order valence-corrected chi connectivity index (χ2v) is 12.3. The molecular weight excluding hydrogens is 518 g/mol. The minimum Gasteiger partial charge on any atom is -0.378 e. The number of hydrogen-bond donors (Lipinski definition) is 1. The van der Waals surface area contributed by atoms with E-state index in [2.05, 4.69) is 45.3 Å². The molecule has 0 radical (unpaired) electrons. The Kier molecular flexibility index (Phi) is 6.53. The Labute approximate surface area is 228 Å². The number of rotatable bonds is 6. The maximum Gasteiger partial charge on any atom is 0.308 e. The Bertz CT molecular complexity index is 1640. The van der Waals surface area contributed by atoms with Crippen LogP contribution in [0.5, 0.6) is 0 Å². The number of likely N-dealkylation sites (N-methyl/N-ethyl adjacent to an activating group) is 1. The fraction of sp³-hybridized carbons (Fsp3) is 0.423. The molecule has 0 spiro atoms. The van der Waals surface area contributed by atoms with E-state index in [0.717, 1.165) is 50.8 Å². The summed E-state index contributed by atoms with van der Waals surface area (Å²) in [5.41, 5.74) is 6.23. The van der Waals surface area contributed by atoms with Crippen LogP contribution in [0.1, 0.15) is 16.8 Å². The van der Waals surface area contributed by atoms with Crippen LogP contribution in [0, 0.1) is 6.92 Å². The molecule has 2 aliphatic rings. The van der Waals surface area contributed by atoms with Crippen LogP contribution >= 0.6 is 0 Å². The molecule has 0 bridgehead atoms. The fourth-order valence-electron chi connectivity index (χ4n) is 5.11. The second-order valence-electron chi connectivity index (χ2n) is 10.2. The first kappa shape index (κ1) is 25.7. The van der Waals surface area contributed by atoms with E-state index in [4.69, 9.17) is 14.8 Å². The van der Waals surface area contributed by atoms with Gasteiger partial charge in [0.05, 0.1) is 30.2 Å². The molecule has 1 aromatic carbocycles. The topological polar surface area (TPSA) is 113 Å². The molecule has 4 aromatic rings. The molecule has 1 fully saturated rings. The van der Waals surface area contributed by atoms with Gasteiger partial charge in [0, 0.05) is 52.2 Å². The van der Waals surface area contributed by atoms with E-state index in [1.54, 1.807) is 0 Å². The Morgan fingerprint density at radius 1 is 1.13 bits per heavy atom. The lowest BCUT2D eigenvalue weighted by atomic mass is 9.98. The zero-order chi connectivity index (χ0) is 27.3. The third-order valence-electron chi connectivity index (χ3n) is 7.36. The highest BCUT2D eigenvalue weighted by molar-refractivity contribution is 7.87. The maximum absolute atomic E-state index is 12.7. The van der Waals surface area contributed by atoms with Gasteiger partial charge in [0.1, 0.15) is 6.33 Å². The van der Waals surface area contributed by atoms with E-state index in [-0.39, 0.29) is 0 Å². The van der Waals surface area contributed by atoms with Gasteiger partial charge in [0.2, 0.25) is 0 Å². The largest absolute Gasteiger partial charge is 0.378 e. The third-order valence-corrected chi connectivity index (χ3v) is 9.02. The number of fused-ring (bicyclic) bond motifs is 2. The fourth-order valence-corrected chi connectivity index (χ4v) is 5.89. The molecule has 6 rings (SSSR count). The molecule has 0 amide bonds. The molecule has 0 saturated carbocycles. The monoisotopic (exact) mass is 551 g/mol. The molecule has 0 unspecified atom stereocenters. The standard InChI is InChI=1S/C26H33N9O3S/c1-18-25(29-22-7-5-6-19-8-9-32(4)15-21(19)22)35-26(28-18)20(14-24(30-35)33-10-12-38-13-11-33)23-16-34(17-27-23)39(36,37)31(2)3/h5-7,14,16-17,29H,8-13,15H2,1-4H3. The number of nitrogens with zero attached hydrogens (tertiary/aromatic N) is 8. The van der Waals surface area contributed by atoms with Crippen LogP contribution in [0.4, 0.5) is 17.3 Å². The highest BCUT2D eigenvalue weighted by Gasteiger charge is 2.24. The maximum atomic E-state index is 12.7. The summed E-state index contributed by atoms with van der Waals surface area (Å²) < 4.78 is 35.1. The molecule has 13 heteroatoms. The average Bonchev–Trinajstić information content (AvgIpc) is 3.54. The number of hydrogen-bond acceptors (Lipinski definition) is 9. The molecule has 2 aliphatic heterocycles. The number of aromatic nitrogens is 5. The number of morpholine rings is 1. The first-order valence-corrected chi connectivity index (χ1v) is 14.4. The van der Waals surface area contributed by atoms with Crippen molar-refractivity contribution in [3.8, 4) is 11.3 Å². The summed E-state index contributed by atoms with van der Waals surface area (Å²) in [6.45, 7) is 6.49. The van der Waals surface area contributed by atoms with Crippen LogP contribution in [-0.2, 0) is 27.9 Å². The molecule has 1 saturated heterocycles. The van der Waals surface area contributed by atoms with E-state index in [1.165, 1.54) is 37.7 Å². The second kappa shape index (κ2) is 9.90. The van der Waals surface area contributed by atoms with Crippen LogP contribution in [0.3, 0.4) is 0 Å². The summed E-state index contributed by atoms with van der Waals surface area (Å²) in [5.74, 6) is 1.52. The number of ether oxygens (including phenoxy) is 1. The molecule has 3 aromatic heterocycles. The van der Waals surface area contributed by atoms with Gasteiger partial charge in [-0.1, -0.05) is 12.1 Å². The summed E-state index contributed by atoms with van der Waals surface area (Å²) in [6, 6.07) is 8.31. The summed E-state index contributed by atoms with van der Waals surface area (Å²) >= 11 is 0. The average molecular weight is 552 g/mol. The SMILES string of the molecule is Cc1nc2c(-c3cn(S(=O)(=O)N(C)C)cn3)cc(N3CCOCC3)nn2c1Nc1cccc2c1CN(C)CC2. The van der Waals surface area contributed by atoms with Crippen LogP contribution in [0.15, 0.2) is 36.8 Å². The first-order chi connectivity index (χ1) is 18.7. The van der Waals surface area contributed by atoms with Gasteiger partial charge in [-0.25, -0.2) is 13.9 Å². The van der Waals surface area contributed by atoms with Crippen molar-refractivity contribution in [2.45, 2.75) is 19.9 Å². The van der Waals surface area contributed by atoms with Gasteiger partial charge in [0.25, 0.3) is 0 Å². The molecule has 0 atom stereocenters. The number of imidazole rings is 2. The summed E-state index contributed by atoms with van der Waals surface area (Å²) in [4.78, 5) is 13.8. The van der Waals surface area contributed by atoms with Crippen molar-refractivity contribution in [1.82, 2.24) is 32.8 Å². The van der Waals surface area contributed by atoms with Crippen molar-refractivity contribution in [3.05, 3.63) is 53.6 Å². The lowest BCUT2D eigenvalue weighted by Gasteiger charge is -2.28. The highest BCUT2D eigenvalue weighted by Crippen LogP contribution is 2.33. The van der Waals surface area contributed by atoms with Crippen molar-refractivity contribution in [1.29, 1.82) is 0 Å². The lowest BCUT2D eigenvalue weighted by Crippen LogP contribution is -2.37. The normalized spacial score (nSPS) is 16.7. The number of benzene rings is 1. The Hall–Kier alpha value is -3.52. The quantitative estimate of drug-likeness (QED) is 0.385. The van der Waals surface area contributed by atoms with Crippen LogP contribution in [0.25, 0.3) is 16.9 Å². The molecule has 0 aliphatic carbocycles. The Morgan fingerprint density at radius 3 is 2.69 bits per heavy atom. The van der Waals surface area contributed by atoms with E-state index in [1.807, 2.05) is 17.5 Å².